The van der Waals surface area contributed by atoms with Gasteiger partial charge in [-0.05, 0) is 49.1 Å². The number of hydrogen-bond donors (Lipinski definition) is 3. The predicted molar refractivity (Wildman–Crippen MR) is 119 cm³/mol. The van der Waals surface area contributed by atoms with E-state index in [4.69, 9.17) is 9.47 Å². The monoisotopic (exact) mass is 438 g/mol. The number of para-hydroxylation sites is 1. The summed E-state index contributed by atoms with van der Waals surface area (Å²) in [4.78, 5) is 35.7. The molecule has 0 spiro atoms. The average molecular weight is 438 g/mol. The number of hydrazone groups is 1. The minimum absolute atomic E-state index is 0.0446. The Hall–Kier alpha value is -3.72. The molecule has 3 rings (SSSR count). The summed E-state index contributed by atoms with van der Waals surface area (Å²) in [5.74, 6) is -1.44. The van der Waals surface area contributed by atoms with Crippen molar-refractivity contribution < 1.29 is 23.9 Å². The molecule has 32 heavy (non-hydrogen) atoms. The van der Waals surface area contributed by atoms with E-state index < -0.39 is 11.8 Å². The van der Waals surface area contributed by atoms with Crippen LogP contribution in [0.3, 0.4) is 0 Å². The van der Waals surface area contributed by atoms with E-state index in [0.29, 0.717) is 24.5 Å². The van der Waals surface area contributed by atoms with E-state index in [0.717, 1.165) is 24.1 Å². The lowest BCUT2D eigenvalue weighted by Crippen LogP contribution is -2.41. The third-order valence-corrected chi connectivity index (χ3v) is 4.75. The number of amides is 3. The topological polar surface area (TPSA) is 118 Å². The van der Waals surface area contributed by atoms with Crippen molar-refractivity contribution in [3.05, 3.63) is 59.7 Å². The number of nitrogens with one attached hydrogen (secondary N) is 3. The van der Waals surface area contributed by atoms with Gasteiger partial charge in [-0.2, -0.15) is 5.10 Å². The zero-order chi connectivity index (χ0) is 22.8. The van der Waals surface area contributed by atoms with Crippen molar-refractivity contribution in [2.45, 2.75) is 25.9 Å². The zero-order valence-electron chi connectivity index (χ0n) is 17.8. The number of benzene rings is 2. The second-order valence-electron chi connectivity index (χ2n) is 7.27. The zero-order valence-corrected chi connectivity index (χ0v) is 17.8. The Labute approximate surface area is 186 Å². The largest absolute Gasteiger partial charge is 0.484 e. The number of hydrogen-bond acceptors (Lipinski definition) is 6. The van der Waals surface area contributed by atoms with E-state index in [1.54, 1.807) is 24.3 Å². The first kappa shape index (κ1) is 23.0. The van der Waals surface area contributed by atoms with Crippen molar-refractivity contribution in [1.29, 1.82) is 0 Å². The van der Waals surface area contributed by atoms with Crippen LogP contribution >= 0.6 is 0 Å². The molecular formula is C23H26N4O5. The van der Waals surface area contributed by atoms with E-state index in [2.05, 4.69) is 21.2 Å². The van der Waals surface area contributed by atoms with Crippen LogP contribution in [0.4, 0.5) is 5.69 Å². The molecule has 1 aliphatic rings. The fourth-order valence-corrected chi connectivity index (χ4v) is 3.04. The van der Waals surface area contributed by atoms with E-state index in [1.807, 2.05) is 31.2 Å². The van der Waals surface area contributed by atoms with Gasteiger partial charge in [-0.15, -0.1) is 0 Å². The first-order valence-electron chi connectivity index (χ1n) is 10.3. The van der Waals surface area contributed by atoms with Crippen LogP contribution in [0.2, 0.25) is 0 Å². The molecule has 168 valence electrons. The van der Waals surface area contributed by atoms with Gasteiger partial charge in [-0.25, -0.2) is 5.43 Å². The molecule has 1 saturated heterocycles. The summed E-state index contributed by atoms with van der Waals surface area (Å²) in [6.07, 6.45) is 3.16. The third-order valence-electron chi connectivity index (χ3n) is 4.75. The fraction of sp³-hybridized carbons (Fsp3) is 0.304. The van der Waals surface area contributed by atoms with Gasteiger partial charge in [0.15, 0.2) is 6.61 Å². The lowest BCUT2D eigenvalue weighted by atomic mass is 10.2. The van der Waals surface area contributed by atoms with Crippen molar-refractivity contribution in [3.8, 4) is 5.75 Å². The maximum atomic E-state index is 12.1. The van der Waals surface area contributed by atoms with E-state index >= 15 is 0 Å². The normalized spacial score (nSPS) is 15.3. The minimum atomic E-state index is -0.862. The molecule has 3 amide bonds. The Morgan fingerprint density at radius 1 is 1.16 bits per heavy atom. The standard InChI is InChI=1S/C23H26N4O5/c1-16-6-2-3-10-20(16)26-21(28)15-32-18-8-4-7-17(12-18)13-25-27-23(30)22(29)24-14-19-9-5-11-31-19/h2-4,6-8,10,12-13,19H,5,9,11,14-15H2,1H3,(H,24,29)(H,26,28)(H,27,30)/b25-13-/t19-/m1/s1. The summed E-state index contributed by atoms with van der Waals surface area (Å²) >= 11 is 0. The molecule has 0 aromatic heterocycles. The van der Waals surface area contributed by atoms with Crippen LogP contribution in [0.15, 0.2) is 53.6 Å². The average Bonchev–Trinajstić information content (AvgIpc) is 3.31. The number of nitrogens with zero attached hydrogens (tertiary/aromatic N) is 1. The van der Waals surface area contributed by atoms with Crippen LogP contribution < -0.4 is 20.8 Å². The number of rotatable bonds is 8. The molecule has 0 bridgehead atoms. The van der Waals surface area contributed by atoms with Crippen LogP contribution in [0.5, 0.6) is 5.75 Å². The molecule has 1 heterocycles. The molecule has 0 aliphatic carbocycles. The van der Waals surface area contributed by atoms with Crippen LogP contribution in [-0.2, 0) is 19.1 Å². The molecule has 0 unspecified atom stereocenters. The van der Waals surface area contributed by atoms with E-state index in [-0.39, 0.29) is 18.6 Å². The molecule has 2 aromatic rings. The molecule has 2 aromatic carbocycles. The first-order valence-corrected chi connectivity index (χ1v) is 10.3. The van der Waals surface area contributed by atoms with Gasteiger partial charge in [0.1, 0.15) is 5.75 Å². The van der Waals surface area contributed by atoms with Crippen molar-refractivity contribution in [3.63, 3.8) is 0 Å². The number of aryl methyl sites for hydroxylation is 1. The molecule has 1 fully saturated rings. The van der Waals surface area contributed by atoms with E-state index in [9.17, 15) is 14.4 Å². The lowest BCUT2D eigenvalue weighted by molar-refractivity contribution is -0.139. The van der Waals surface area contributed by atoms with Crippen LogP contribution in [-0.4, -0.2) is 49.8 Å². The molecule has 9 nitrogen and oxygen atoms in total. The molecule has 1 aliphatic heterocycles. The van der Waals surface area contributed by atoms with Gasteiger partial charge in [-0.3, -0.25) is 14.4 Å². The Kier molecular flexibility index (Phi) is 8.33. The lowest BCUT2D eigenvalue weighted by Gasteiger charge is -2.10. The highest BCUT2D eigenvalue weighted by Crippen LogP contribution is 2.14. The number of carbonyl (C=O) groups is 3. The Bertz CT molecular complexity index is 986. The highest BCUT2D eigenvalue weighted by molar-refractivity contribution is 6.35. The predicted octanol–water partition coefficient (Wildman–Crippen LogP) is 1.76. The van der Waals surface area contributed by atoms with Crippen molar-refractivity contribution in [1.82, 2.24) is 10.7 Å². The van der Waals surface area contributed by atoms with Gasteiger partial charge < -0.3 is 20.1 Å². The van der Waals surface area contributed by atoms with Crippen LogP contribution in [0, 0.1) is 6.92 Å². The molecule has 0 saturated carbocycles. The molecular weight excluding hydrogens is 412 g/mol. The SMILES string of the molecule is Cc1ccccc1NC(=O)COc1cccc(/C=N\NC(=O)C(=O)NC[C@H]2CCCO2)c1. The van der Waals surface area contributed by atoms with Gasteiger partial charge in [0.05, 0.1) is 12.3 Å². The number of anilines is 1. The highest BCUT2D eigenvalue weighted by atomic mass is 16.5. The summed E-state index contributed by atoms with van der Waals surface area (Å²) in [5, 5.41) is 9.11. The number of carbonyl (C=O) groups excluding carboxylic acids is 3. The maximum Gasteiger partial charge on any atom is 0.329 e. The van der Waals surface area contributed by atoms with Crippen molar-refractivity contribution >= 4 is 29.6 Å². The van der Waals surface area contributed by atoms with Crippen LogP contribution in [0.1, 0.15) is 24.0 Å². The van der Waals surface area contributed by atoms with Gasteiger partial charge >= 0.3 is 11.8 Å². The number of ether oxygens (including phenoxy) is 2. The summed E-state index contributed by atoms with van der Waals surface area (Å²) in [6.45, 7) is 2.73. The van der Waals surface area contributed by atoms with Crippen molar-refractivity contribution in [2.75, 3.05) is 25.1 Å². The fourth-order valence-electron chi connectivity index (χ4n) is 3.04. The second-order valence-corrected chi connectivity index (χ2v) is 7.27. The Balaban J connectivity index is 1.43. The summed E-state index contributed by atoms with van der Waals surface area (Å²) in [6, 6.07) is 14.3. The van der Waals surface area contributed by atoms with Gasteiger partial charge in [0.2, 0.25) is 0 Å². The van der Waals surface area contributed by atoms with Gasteiger partial charge in [-0.1, -0.05) is 30.3 Å². The molecule has 3 N–H and O–H groups in total. The minimum Gasteiger partial charge on any atom is -0.484 e. The Morgan fingerprint density at radius 2 is 2.00 bits per heavy atom. The van der Waals surface area contributed by atoms with Crippen LogP contribution in [0.25, 0.3) is 0 Å². The second kappa shape index (κ2) is 11.6. The van der Waals surface area contributed by atoms with Gasteiger partial charge in [0.25, 0.3) is 5.91 Å². The summed E-state index contributed by atoms with van der Waals surface area (Å²) in [5.41, 5.74) is 4.50. The maximum absolute atomic E-state index is 12.1. The van der Waals surface area contributed by atoms with E-state index in [1.165, 1.54) is 6.21 Å². The third kappa shape index (κ3) is 7.21. The Morgan fingerprint density at radius 3 is 2.78 bits per heavy atom. The van der Waals surface area contributed by atoms with Crippen molar-refractivity contribution in [2.24, 2.45) is 5.10 Å². The smallest absolute Gasteiger partial charge is 0.329 e. The summed E-state index contributed by atoms with van der Waals surface area (Å²) in [7, 11) is 0. The molecule has 1 atom stereocenters. The summed E-state index contributed by atoms with van der Waals surface area (Å²) < 4.78 is 10.9. The molecule has 9 heteroatoms. The highest BCUT2D eigenvalue weighted by Gasteiger charge is 2.18. The van der Waals surface area contributed by atoms with Gasteiger partial charge in [0, 0.05) is 18.8 Å². The quantitative estimate of drug-likeness (QED) is 0.330. The first-order chi connectivity index (χ1) is 15.5. The molecule has 0 radical (unpaired) electrons.